The molecule has 3 nitrogen and oxygen atoms in total. The van der Waals surface area contributed by atoms with Crippen LogP contribution in [0.2, 0.25) is 0 Å². The molecule has 0 radical (unpaired) electrons. The number of aromatic nitrogens is 1. The van der Waals surface area contributed by atoms with Gasteiger partial charge in [0.15, 0.2) is 0 Å². The quantitative estimate of drug-likeness (QED) is 0.805. The fourth-order valence-corrected chi connectivity index (χ4v) is 2.31. The molecule has 0 aliphatic carbocycles. The van der Waals surface area contributed by atoms with Crippen LogP contribution in [0.3, 0.4) is 0 Å². The molecule has 17 heavy (non-hydrogen) atoms. The molecule has 2 heterocycles. The largest absolute Gasteiger partial charge is 0.351 e. The first kappa shape index (κ1) is 10.3. The van der Waals surface area contributed by atoms with E-state index in [1.807, 2.05) is 4.90 Å². The molecular weight excluding hydrogens is 219 g/mol. The van der Waals surface area contributed by atoms with Gasteiger partial charge in [-0.25, -0.2) is 4.39 Å². The summed E-state index contributed by atoms with van der Waals surface area (Å²) in [4.78, 5) is 17.0. The van der Waals surface area contributed by atoms with Crippen molar-refractivity contribution in [2.45, 2.75) is 12.8 Å². The average molecular weight is 232 g/mol. The molecule has 4 heteroatoms. The fraction of sp³-hybridized carbons (Fsp3) is 0.308. The number of H-pyrrole nitrogens is 1. The standard InChI is InChI=1S/C13H13FN2O/c14-10-3-4-11-9(7-10)8-12(15-11)13(17)16-5-1-2-6-16/h3-4,7-8,15H,1-2,5-6H2. The molecular formula is C13H13FN2O. The van der Waals surface area contributed by atoms with Gasteiger partial charge in [-0.3, -0.25) is 4.79 Å². The summed E-state index contributed by atoms with van der Waals surface area (Å²) in [5.74, 6) is -0.268. The van der Waals surface area contributed by atoms with Gasteiger partial charge >= 0.3 is 0 Å². The highest BCUT2D eigenvalue weighted by atomic mass is 19.1. The molecule has 1 aromatic heterocycles. The van der Waals surface area contributed by atoms with Crippen LogP contribution < -0.4 is 0 Å². The summed E-state index contributed by atoms with van der Waals surface area (Å²) >= 11 is 0. The molecule has 0 saturated carbocycles. The number of rotatable bonds is 1. The van der Waals surface area contributed by atoms with Crippen molar-refractivity contribution in [3.8, 4) is 0 Å². The van der Waals surface area contributed by atoms with E-state index in [-0.39, 0.29) is 11.7 Å². The molecule has 0 bridgehead atoms. The average Bonchev–Trinajstić information content (AvgIpc) is 2.96. The molecule has 88 valence electrons. The number of likely N-dealkylation sites (tertiary alicyclic amines) is 1. The molecule has 3 rings (SSSR count). The molecule has 1 saturated heterocycles. The van der Waals surface area contributed by atoms with E-state index in [1.165, 1.54) is 12.1 Å². The van der Waals surface area contributed by atoms with Gasteiger partial charge in [-0.1, -0.05) is 0 Å². The highest BCUT2D eigenvalue weighted by Gasteiger charge is 2.20. The second-order valence-electron chi connectivity index (χ2n) is 4.41. The molecule has 0 unspecified atom stereocenters. The molecule has 1 amide bonds. The summed E-state index contributed by atoms with van der Waals surface area (Å²) in [5, 5.41) is 0.743. The predicted octanol–water partition coefficient (Wildman–Crippen LogP) is 2.54. The fourth-order valence-electron chi connectivity index (χ4n) is 2.31. The van der Waals surface area contributed by atoms with E-state index in [0.717, 1.165) is 36.8 Å². The lowest BCUT2D eigenvalue weighted by Crippen LogP contribution is -2.27. The molecule has 1 fully saturated rings. The Morgan fingerprint density at radius 2 is 2.00 bits per heavy atom. The Bertz CT molecular complexity index is 570. The SMILES string of the molecule is O=C(c1cc2cc(F)ccc2[nH]1)N1CCCC1. The van der Waals surface area contributed by atoms with Crippen LogP contribution >= 0.6 is 0 Å². The van der Waals surface area contributed by atoms with Gasteiger partial charge < -0.3 is 9.88 Å². The summed E-state index contributed by atoms with van der Waals surface area (Å²) in [5.41, 5.74) is 1.35. The van der Waals surface area contributed by atoms with Crippen LogP contribution in [0.25, 0.3) is 10.9 Å². The van der Waals surface area contributed by atoms with E-state index in [4.69, 9.17) is 0 Å². The number of hydrogen-bond donors (Lipinski definition) is 1. The van der Waals surface area contributed by atoms with Gasteiger partial charge in [-0.05, 0) is 37.1 Å². The van der Waals surface area contributed by atoms with E-state index in [9.17, 15) is 9.18 Å². The normalized spacial score (nSPS) is 15.7. The highest BCUT2D eigenvalue weighted by Crippen LogP contribution is 2.19. The summed E-state index contributed by atoms with van der Waals surface area (Å²) in [6.07, 6.45) is 2.14. The minimum absolute atomic E-state index is 0.0131. The molecule has 0 atom stereocenters. The molecule has 1 aliphatic rings. The molecule has 1 aliphatic heterocycles. The lowest BCUT2D eigenvalue weighted by molar-refractivity contribution is 0.0788. The predicted molar refractivity (Wildman–Crippen MR) is 63.4 cm³/mol. The minimum atomic E-state index is -0.281. The number of hydrogen-bond acceptors (Lipinski definition) is 1. The van der Waals surface area contributed by atoms with Gasteiger partial charge in [0.1, 0.15) is 11.5 Å². The van der Waals surface area contributed by atoms with Crippen LogP contribution in [0.5, 0.6) is 0 Å². The van der Waals surface area contributed by atoms with Gasteiger partial charge in [-0.15, -0.1) is 0 Å². The van der Waals surface area contributed by atoms with E-state index >= 15 is 0 Å². The third kappa shape index (κ3) is 1.79. The second kappa shape index (κ2) is 3.87. The molecule has 2 aromatic rings. The first-order valence-corrected chi connectivity index (χ1v) is 5.81. The van der Waals surface area contributed by atoms with E-state index < -0.39 is 0 Å². The monoisotopic (exact) mass is 232 g/mol. The van der Waals surface area contributed by atoms with Crippen LogP contribution in [0, 0.1) is 5.82 Å². The summed E-state index contributed by atoms with van der Waals surface area (Å²) < 4.78 is 13.0. The number of halogens is 1. The summed E-state index contributed by atoms with van der Waals surface area (Å²) in [6.45, 7) is 1.64. The van der Waals surface area contributed by atoms with Crippen LogP contribution in [0.1, 0.15) is 23.3 Å². The molecule has 1 aromatic carbocycles. The van der Waals surface area contributed by atoms with Gasteiger partial charge in [0, 0.05) is 24.0 Å². The maximum Gasteiger partial charge on any atom is 0.270 e. The second-order valence-corrected chi connectivity index (χ2v) is 4.41. The number of nitrogens with one attached hydrogen (secondary N) is 1. The highest BCUT2D eigenvalue weighted by molar-refractivity contribution is 5.98. The van der Waals surface area contributed by atoms with Crippen molar-refractivity contribution in [1.29, 1.82) is 0 Å². The van der Waals surface area contributed by atoms with Crippen molar-refractivity contribution in [2.75, 3.05) is 13.1 Å². The van der Waals surface area contributed by atoms with Crippen LogP contribution in [-0.4, -0.2) is 28.9 Å². The van der Waals surface area contributed by atoms with Gasteiger partial charge in [0.05, 0.1) is 0 Å². The van der Waals surface area contributed by atoms with Crippen molar-refractivity contribution in [3.63, 3.8) is 0 Å². The zero-order chi connectivity index (χ0) is 11.8. The van der Waals surface area contributed by atoms with Crippen molar-refractivity contribution >= 4 is 16.8 Å². The van der Waals surface area contributed by atoms with Crippen molar-refractivity contribution in [1.82, 2.24) is 9.88 Å². The van der Waals surface area contributed by atoms with E-state index in [0.29, 0.717) is 5.69 Å². The summed E-state index contributed by atoms with van der Waals surface area (Å²) in [6, 6.07) is 6.21. The van der Waals surface area contributed by atoms with Gasteiger partial charge in [-0.2, -0.15) is 0 Å². The maximum atomic E-state index is 13.0. The Balaban J connectivity index is 1.97. The van der Waals surface area contributed by atoms with Crippen LogP contribution in [0.4, 0.5) is 4.39 Å². The maximum absolute atomic E-state index is 13.0. The van der Waals surface area contributed by atoms with Crippen molar-refractivity contribution in [3.05, 3.63) is 35.8 Å². The number of carbonyl (C=O) groups is 1. The first-order valence-electron chi connectivity index (χ1n) is 5.81. The van der Waals surface area contributed by atoms with Crippen LogP contribution in [0.15, 0.2) is 24.3 Å². The minimum Gasteiger partial charge on any atom is -0.351 e. The first-order chi connectivity index (χ1) is 8.24. The number of benzene rings is 1. The van der Waals surface area contributed by atoms with Crippen molar-refractivity contribution in [2.24, 2.45) is 0 Å². The number of amides is 1. The lowest BCUT2D eigenvalue weighted by Gasteiger charge is -2.13. The third-order valence-electron chi connectivity index (χ3n) is 3.21. The Morgan fingerprint density at radius 3 is 2.76 bits per heavy atom. The Morgan fingerprint density at radius 1 is 1.24 bits per heavy atom. The molecule has 0 spiro atoms. The Labute approximate surface area is 98.2 Å². The topological polar surface area (TPSA) is 36.1 Å². The third-order valence-corrected chi connectivity index (χ3v) is 3.21. The van der Waals surface area contributed by atoms with Crippen LogP contribution in [-0.2, 0) is 0 Å². The zero-order valence-corrected chi connectivity index (χ0v) is 9.37. The number of aromatic amines is 1. The van der Waals surface area contributed by atoms with Gasteiger partial charge in [0.2, 0.25) is 0 Å². The Kier molecular flexibility index (Phi) is 2.35. The lowest BCUT2D eigenvalue weighted by atomic mass is 10.2. The smallest absolute Gasteiger partial charge is 0.270 e. The Hall–Kier alpha value is -1.84. The summed E-state index contributed by atoms with van der Waals surface area (Å²) in [7, 11) is 0. The number of fused-ring (bicyclic) bond motifs is 1. The van der Waals surface area contributed by atoms with E-state index in [2.05, 4.69) is 4.98 Å². The van der Waals surface area contributed by atoms with Gasteiger partial charge in [0.25, 0.3) is 5.91 Å². The van der Waals surface area contributed by atoms with E-state index in [1.54, 1.807) is 12.1 Å². The van der Waals surface area contributed by atoms with Crippen molar-refractivity contribution < 1.29 is 9.18 Å². The zero-order valence-electron chi connectivity index (χ0n) is 9.37. The number of carbonyl (C=O) groups excluding carboxylic acids is 1. The molecule has 1 N–H and O–H groups in total. The number of nitrogens with zero attached hydrogens (tertiary/aromatic N) is 1.